The fourth-order valence-corrected chi connectivity index (χ4v) is 3.34. The molecule has 1 aliphatic rings. The Kier molecular flexibility index (Phi) is 6.59. The molecular formula is C22H26N2O5. The predicted octanol–water partition coefficient (Wildman–Crippen LogP) is 2.41. The average molecular weight is 398 g/mol. The highest BCUT2D eigenvalue weighted by Gasteiger charge is 2.25. The van der Waals surface area contributed by atoms with E-state index < -0.39 is 0 Å². The van der Waals surface area contributed by atoms with E-state index in [1.807, 2.05) is 24.3 Å². The van der Waals surface area contributed by atoms with E-state index in [1.54, 1.807) is 9.80 Å². The molecule has 0 radical (unpaired) electrons. The summed E-state index contributed by atoms with van der Waals surface area (Å²) in [6.07, 6.45) is 2.10. The quantitative estimate of drug-likeness (QED) is 0.780. The molecule has 0 spiro atoms. The van der Waals surface area contributed by atoms with Crippen LogP contribution in [0.3, 0.4) is 0 Å². The van der Waals surface area contributed by atoms with Crippen LogP contribution in [0, 0.1) is 0 Å². The van der Waals surface area contributed by atoms with Gasteiger partial charge in [-0.3, -0.25) is 9.59 Å². The zero-order valence-electron chi connectivity index (χ0n) is 16.5. The highest BCUT2D eigenvalue weighted by Crippen LogP contribution is 2.22. The first-order valence-electron chi connectivity index (χ1n) is 9.78. The van der Waals surface area contributed by atoms with E-state index in [4.69, 9.17) is 4.74 Å². The van der Waals surface area contributed by atoms with Crippen molar-refractivity contribution < 1.29 is 24.5 Å². The molecule has 0 unspecified atom stereocenters. The van der Waals surface area contributed by atoms with Gasteiger partial charge in [-0.15, -0.1) is 0 Å². The van der Waals surface area contributed by atoms with E-state index in [1.165, 1.54) is 23.8 Å². The second-order valence-electron chi connectivity index (χ2n) is 7.09. The summed E-state index contributed by atoms with van der Waals surface area (Å²) in [6, 6.07) is 11.6. The molecule has 2 aromatic carbocycles. The topological polar surface area (TPSA) is 90.3 Å². The van der Waals surface area contributed by atoms with Gasteiger partial charge in [0.2, 0.25) is 0 Å². The van der Waals surface area contributed by atoms with Gasteiger partial charge in [0, 0.05) is 37.8 Å². The first-order chi connectivity index (χ1) is 14.0. The standard InChI is InChI=1S/C22H26N2O5/c1-2-3-16-4-6-20(7-5-16)29-15-21(27)23-8-10-24(11-9-23)22(28)17-12-18(25)14-19(26)13-17/h4-7,12-14,25-26H,2-3,8-11,15H2,1H3. The molecule has 0 bridgehead atoms. The van der Waals surface area contributed by atoms with Gasteiger partial charge < -0.3 is 24.7 Å². The van der Waals surface area contributed by atoms with Crippen LogP contribution in [0.4, 0.5) is 0 Å². The molecule has 0 saturated carbocycles. The summed E-state index contributed by atoms with van der Waals surface area (Å²) in [6.45, 7) is 3.67. The highest BCUT2D eigenvalue weighted by atomic mass is 16.5. The Bertz CT molecular complexity index is 838. The fraction of sp³-hybridized carbons (Fsp3) is 0.364. The van der Waals surface area contributed by atoms with E-state index in [2.05, 4.69) is 6.92 Å². The Morgan fingerprint density at radius 1 is 0.931 bits per heavy atom. The Labute approximate surface area is 170 Å². The van der Waals surface area contributed by atoms with Crippen LogP contribution < -0.4 is 4.74 Å². The van der Waals surface area contributed by atoms with Crippen LogP contribution >= 0.6 is 0 Å². The summed E-state index contributed by atoms with van der Waals surface area (Å²) < 4.78 is 5.60. The first-order valence-corrected chi connectivity index (χ1v) is 9.78. The van der Waals surface area contributed by atoms with E-state index in [0.29, 0.717) is 31.9 Å². The number of amides is 2. The smallest absolute Gasteiger partial charge is 0.260 e. The van der Waals surface area contributed by atoms with Crippen molar-refractivity contribution in [3.63, 3.8) is 0 Å². The number of ether oxygens (including phenoxy) is 1. The van der Waals surface area contributed by atoms with Crippen LogP contribution in [-0.2, 0) is 11.2 Å². The number of piperazine rings is 1. The molecule has 29 heavy (non-hydrogen) atoms. The van der Waals surface area contributed by atoms with E-state index in [-0.39, 0.29) is 35.5 Å². The Balaban J connectivity index is 1.48. The highest BCUT2D eigenvalue weighted by molar-refractivity contribution is 5.95. The first kappa shape index (κ1) is 20.5. The summed E-state index contributed by atoms with van der Waals surface area (Å²) in [4.78, 5) is 28.2. The lowest BCUT2D eigenvalue weighted by molar-refractivity contribution is -0.134. The van der Waals surface area contributed by atoms with Crippen LogP contribution in [0.15, 0.2) is 42.5 Å². The third-order valence-electron chi connectivity index (χ3n) is 4.89. The van der Waals surface area contributed by atoms with Gasteiger partial charge in [0.05, 0.1) is 0 Å². The number of benzene rings is 2. The molecule has 2 aromatic rings. The number of aromatic hydroxyl groups is 2. The average Bonchev–Trinajstić information content (AvgIpc) is 2.72. The SMILES string of the molecule is CCCc1ccc(OCC(=O)N2CCN(C(=O)c3cc(O)cc(O)c3)CC2)cc1. The number of carbonyl (C=O) groups is 2. The number of rotatable bonds is 6. The lowest BCUT2D eigenvalue weighted by atomic mass is 10.1. The molecule has 1 aliphatic heterocycles. The molecule has 1 saturated heterocycles. The lowest BCUT2D eigenvalue weighted by Crippen LogP contribution is -2.51. The van der Waals surface area contributed by atoms with Crippen LogP contribution in [-0.4, -0.2) is 64.6 Å². The minimum absolute atomic E-state index is 0.0402. The number of carbonyl (C=O) groups excluding carboxylic acids is 2. The maximum absolute atomic E-state index is 12.5. The summed E-state index contributed by atoms with van der Waals surface area (Å²) in [5.74, 6) is -0.0729. The Morgan fingerprint density at radius 2 is 1.52 bits per heavy atom. The molecule has 2 amide bonds. The summed E-state index contributed by atoms with van der Waals surface area (Å²) in [5.41, 5.74) is 1.46. The number of hydrogen-bond donors (Lipinski definition) is 2. The zero-order valence-corrected chi connectivity index (χ0v) is 16.5. The zero-order chi connectivity index (χ0) is 20.8. The van der Waals surface area contributed by atoms with Crippen molar-refractivity contribution >= 4 is 11.8 Å². The molecule has 3 rings (SSSR count). The van der Waals surface area contributed by atoms with Crippen molar-refractivity contribution in [2.45, 2.75) is 19.8 Å². The monoisotopic (exact) mass is 398 g/mol. The summed E-state index contributed by atoms with van der Waals surface area (Å²) in [7, 11) is 0. The number of hydrogen-bond acceptors (Lipinski definition) is 5. The van der Waals surface area contributed by atoms with E-state index in [9.17, 15) is 19.8 Å². The molecule has 0 atom stereocenters. The fourth-order valence-electron chi connectivity index (χ4n) is 3.34. The van der Waals surface area contributed by atoms with Crippen molar-refractivity contribution in [2.24, 2.45) is 0 Å². The minimum atomic E-state index is -0.285. The molecule has 1 fully saturated rings. The van der Waals surface area contributed by atoms with Crippen molar-refractivity contribution in [1.29, 1.82) is 0 Å². The summed E-state index contributed by atoms with van der Waals surface area (Å²) >= 11 is 0. The van der Waals surface area contributed by atoms with Crippen molar-refractivity contribution in [3.8, 4) is 17.2 Å². The maximum Gasteiger partial charge on any atom is 0.260 e. The van der Waals surface area contributed by atoms with Crippen LogP contribution in [0.5, 0.6) is 17.2 Å². The molecule has 0 aromatic heterocycles. The molecule has 2 N–H and O–H groups in total. The molecular weight excluding hydrogens is 372 g/mol. The van der Waals surface area contributed by atoms with Gasteiger partial charge in [-0.2, -0.15) is 0 Å². The third kappa shape index (κ3) is 5.40. The number of nitrogens with zero attached hydrogens (tertiary/aromatic N) is 2. The molecule has 1 heterocycles. The van der Waals surface area contributed by atoms with Crippen LogP contribution in [0.25, 0.3) is 0 Å². The van der Waals surface area contributed by atoms with Gasteiger partial charge in [0.15, 0.2) is 6.61 Å². The normalized spacial score (nSPS) is 14.0. The van der Waals surface area contributed by atoms with Crippen LogP contribution in [0.1, 0.15) is 29.3 Å². The van der Waals surface area contributed by atoms with Crippen molar-refractivity contribution in [3.05, 3.63) is 53.6 Å². The van der Waals surface area contributed by atoms with Gasteiger partial charge in [0.1, 0.15) is 17.2 Å². The second kappa shape index (κ2) is 9.32. The number of aryl methyl sites for hydroxylation is 1. The lowest BCUT2D eigenvalue weighted by Gasteiger charge is -2.34. The van der Waals surface area contributed by atoms with Gasteiger partial charge in [-0.1, -0.05) is 25.5 Å². The largest absolute Gasteiger partial charge is 0.508 e. The van der Waals surface area contributed by atoms with E-state index >= 15 is 0 Å². The number of phenols is 2. The van der Waals surface area contributed by atoms with Crippen molar-refractivity contribution in [1.82, 2.24) is 9.80 Å². The molecule has 154 valence electrons. The molecule has 7 heteroatoms. The van der Waals surface area contributed by atoms with E-state index in [0.717, 1.165) is 12.8 Å². The van der Waals surface area contributed by atoms with Gasteiger partial charge in [0.25, 0.3) is 11.8 Å². The molecule has 0 aliphatic carbocycles. The Hall–Kier alpha value is -3.22. The second-order valence-corrected chi connectivity index (χ2v) is 7.09. The summed E-state index contributed by atoms with van der Waals surface area (Å²) in [5, 5.41) is 19.1. The number of phenolic OH excluding ortho intramolecular Hbond substituents is 2. The molecule has 7 nitrogen and oxygen atoms in total. The van der Waals surface area contributed by atoms with Gasteiger partial charge >= 0.3 is 0 Å². The van der Waals surface area contributed by atoms with Crippen molar-refractivity contribution in [2.75, 3.05) is 32.8 Å². The minimum Gasteiger partial charge on any atom is -0.508 e. The predicted molar refractivity (Wildman–Crippen MR) is 108 cm³/mol. The third-order valence-corrected chi connectivity index (χ3v) is 4.89. The van der Waals surface area contributed by atoms with Crippen LogP contribution in [0.2, 0.25) is 0 Å². The maximum atomic E-state index is 12.5. The van der Waals surface area contributed by atoms with Gasteiger partial charge in [-0.05, 0) is 36.2 Å². The van der Waals surface area contributed by atoms with Gasteiger partial charge in [-0.25, -0.2) is 0 Å². The Morgan fingerprint density at radius 3 is 2.10 bits per heavy atom.